The lowest BCUT2D eigenvalue weighted by Crippen LogP contribution is -2.39. The van der Waals surface area contributed by atoms with E-state index in [4.69, 9.17) is 4.98 Å². The molecule has 2 aliphatic rings. The number of thiophene rings is 2. The van der Waals surface area contributed by atoms with Crippen LogP contribution in [0.25, 0.3) is 0 Å². The Morgan fingerprint density at radius 2 is 2.04 bits per heavy atom. The topological polar surface area (TPSA) is 36.4 Å². The predicted octanol–water partition coefficient (Wildman–Crippen LogP) is 4.01. The lowest BCUT2D eigenvalue weighted by atomic mass is 9.85. The average molecular weight is 382 g/mol. The van der Waals surface area contributed by atoms with Crippen LogP contribution >= 0.6 is 22.7 Å². The second-order valence-electron chi connectivity index (χ2n) is 7.15. The van der Waals surface area contributed by atoms with Crippen molar-refractivity contribution in [3.05, 3.63) is 68.8 Å². The summed E-state index contributed by atoms with van der Waals surface area (Å²) in [4.78, 5) is 22.2. The van der Waals surface area contributed by atoms with E-state index in [-0.39, 0.29) is 11.3 Å². The van der Waals surface area contributed by atoms with Crippen LogP contribution in [-0.4, -0.2) is 35.4 Å². The summed E-state index contributed by atoms with van der Waals surface area (Å²) in [5.74, 6) is 0.0914. The minimum atomic E-state index is -0.0434. The van der Waals surface area contributed by atoms with E-state index in [0.29, 0.717) is 0 Å². The van der Waals surface area contributed by atoms with E-state index < -0.39 is 0 Å². The van der Waals surface area contributed by atoms with E-state index in [1.54, 1.807) is 22.7 Å². The summed E-state index contributed by atoms with van der Waals surface area (Å²) >= 11 is 3.31. The highest BCUT2D eigenvalue weighted by atomic mass is 32.1. The Balaban J connectivity index is 1.44. The molecule has 1 saturated heterocycles. The van der Waals surface area contributed by atoms with Crippen LogP contribution < -0.4 is 4.90 Å². The van der Waals surface area contributed by atoms with Crippen LogP contribution in [-0.2, 0) is 12.0 Å². The van der Waals surface area contributed by atoms with E-state index in [1.807, 2.05) is 40.1 Å². The first-order valence-electron chi connectivity index (χ1n) is 8.78. The minimum absolute atomic E-state index is 0.0434. The smallest absolute Gasteiger partial charge is 0.259 e. The number of likely N-dealkylation sites (tertiary alicyclic amines) is 1. The van der Waals surface area contributed by atoms with Crippen LogP contribution in [0.5, 0.6) is 0 Å². The number of nitrogens with zero attached hydrogens (tertiary/aromatic N) is 3. The summed E-state index contributed by atoms with van der Waals surface area (Å²) in [7, 11) is 0. The third-order valence-electron chi connectivity index (χ3n) is 5.47. The van der Waals surface area contributed by atoms with Gasteiger partial charge in [-0.2, -0.15) is 22.7 Å². The van der Waals surface area contributed by atoms with Gasteiger partial charge in [0.1, 0.15) is 0 Å². The molecule has 0 radical (unpaired) electrons. The SMILES string of the molecule is O=C(c1ccsc1)N1C[C@@]2(CCN(Cc3ccsc3)C2)c2ncccc21. The highest BCUT2D eigenvalue weighted by Crippen LogP contribution is 2.45. The highest BCUT2D eigenvalue weighted by molar-refractivity contribution is 7.08. The summed E-state index contributed by atoms with van der Waals surface area (Å²) in [6.45, 7) is 3.71. The van der Waals surface area contributed by atoms with Gasteiger partial charge in [-0.3, -0.25) is 14.7 Å². The largest absolute Gasteiger partial charge is 0.305 e. The fourth-order valence-electron chi connectivity index (χ4n) is 4.27. The molecule has 4 nitrogen and oxygen atoms in total. The molecule has 0 N–H and O–H groups in total. The van der Waals surface area contributed by atoms with E-state index in [1.165, 1.54) is 5.56 Å². The number of anilines is 1. The fraction of sp³-hybridized carbons (Fsp3) is 0.300. The van der Waals surface area contributed by atoms with Crippen molar-refractivity contribution in [1.29, 1.82) is 0 Å². The molecule has 5 rings (SSSR count). The number of hydrogen-bond acceptors (Lipinski definition) is 5. The molecule has 132 valence electrons. The van der Waals surface area contributed by atoms with Gasteiger partial charge >= 0.3 is 0 Å². The molecule has 26 heavy (non-hydrogen) atoms. The number of amides is 1. The molecule has 0 bridgehead atoms. The third kappa shape index (κ3) is 2.60. The van der Waals surface area contributed by atoms with Crippen LogP contribution in [0, 0.1) is 0 Å². The van der Waals surface area contributed by atoms with Crippen LogP contribution in [0.1, 0.15) is 28.0 Å². The van der Waals surface area contributed by atoms with Crippen molar-refractivity contribution < 1.29 is 4.79 Å². The molecule has 1 amide bonds. The number of fused-ring (bicyclic) bond motifs is 2. The Morgan fingerprint density at radius 3 is 2.85 bits per heavy atom. The molecule has 5 heterocycles. The first-order chi connectivity index (χ1) is 12.8. The lowest BCUT2D eigenvalue weighted by molar-refractivity contribution is 0.0985. The van der Waals surface area contributed by atoms with Gasteiger partial charge in [0.2, 0.25) is 0 Å². The Hall–Kier alpha value is -2.02. The summed E-state index contributed by atoms with van der Waals surface area (Å²) in [5.41, 5.74) is 4.18. The highest BCUT2D eigenvalue weighted by Gasteiger charge is 2.49. The van der Waals surface area contributed by atoms with Crippen LogP contribution in [0.4, 0.5) is 5.69 Å². The zero-order chi connectivity index (χ0) is 17.6. The van der Waals surface area contributed by atoms with Crippen LogP contribution in [0.2, 0.25) is 0 Å². The molecule has 1 atom stereocenters. The maximum Gasteiger partial charge on any atom is 0.259 e. The molecule has 0 saturated carbocycles. The maximum atomic E-state index is 13.0. The number of carbonyl (C=O) groups excluding carboxylic acids is 1. The van der Waals surface area contributed by atoms with Crippen LogP contribution in [0.3, 0.4) is 0 Å². The van der Waals surface area contributed by atoms with Crippen molar-refractivity contribution in [2.45, 2.75) is 18.4 Å². The quantitative estimate of drug-likeness (QED) is 0.688. The first kappa shape index (κ1) is 16.2. The van der Waals surface area contributed by atoms with Gasteiger partial charge in [0.15, 0.2) is 0 Å². The number of aromatic nitrogens is 1. The lowest BCUT2D eigenvalue weighted by Gasteiger charge is -2.25. The standard InChI is InChI=1S/C20H19N3OS2/c24-19(16-4-9-26-12-16)23-14-20(18-17(23)2-1-6-21-18)5-7-22(13-20)10-15-3-8-25-11-15/h1-4,6,8-9,11-12H,5,7,10,13-14H2/t20-/m0/s1. The number of hydrogen-bond donors (Lipinski definition) is 0. The monoisotopic (exact) mass is 381 g/mol. The zero-order valence-corrected chi connectivity index (χ0v) is 15.9. The Bertz CT molecular complexity index is 922. The number of carbonyl (C=O) groups is 1. The minimum Gasteiger partial charge on any atom is -0.305 e. The molecule has 3 aromatic rings. The van der Waals surface area contributed by atoms with Crippen molar-refractivity contribution in [2.24, 2.45) is 0 Å². The molecule has 1 fully saturated rings. The van der Waals surface area contributed by atoms with Crippen molar-refractivity contribution in [2.75, 3.05) is 24.5 Å². The summed E-state index contributed by atoms with van der Waals surface area (Å²) < 4.78 is 0. The van der Waals surface area contributed by atoms with E-state index in [0.717, 1.165) is 49.5 Å². The average Bonchev–Trinajstić information content (AvgIpc) is 3.44. The van der Waals surface area contributed by atoms with Crippen molar-refractivity contribution in [3.8, 4) is 0 Å². The Kier molecular flexibility index (Phi) is 3.92. The van der Waals surface area contributed by atoms with Crippen molar-refractivity contribution in [3.63, 3.8) is 0 Å². The Labute approximate surface area is 160 Å². The second-order valence-corrected chi connectivity index (χ2v) is 8.71. The summed E-state index contributed by atoms with van der Waals surface area (Å²) in [6.07, 6.45) is 2.91. The van der Waals surface area contributed by atoms with Gasteiger partial charge in [-0.25, -0.2) is 0 Å². The normalized spacial score (nSPS) is 22.2. The van der Waals surface area contributed by atoms with Gasteiger partial charge in [0.05, 0.1) is 16.9 Å². The number of pyridine rings is 1. The molecular weight excluding hydrogens is 362 g/mol. The molecule has 1 spiro atoms. The van der Waals surface area contributed by atoms with Crippen molar-refractivity contribution >= 4 is 34.3 Å². The third-order valence-corrected chi connectivity index (χ3v) is 6.89. The first-order valence-corrected chi connectivity index (χ1v) is 10.7. The molecule has 0 aliphatic carbocycles. The van der Waals surface area contributed by atoms with Gasteiger partial charge in [-0.15, -0.1) is 0 Å². The molecule has 2 aliphatic heterocycles. The summed E-state index contributed by atoms with van der Waals surface area (Å²) in [5, 5.41) is 8.25. The van der Waals surface area contributed by atoms with Gasteiger partial charge in [-0.1, -0.05) is 0 Å². The molecular formula is C20H19N3OS2. The Morgan fingerprint density at radius 1 is 1.15 bits per heavy atom. The number of rotatable bonds is 3. The summed E-state index contributed by atoms with van der Waals surface area (Å²) in [6, 6.07) is 8.08. The molecule has 0 unspecified atom stereocenters. The van der Waals surface area contributed by atoms with Crippen LogP contribution in [0.15, 0.2) is 52.0 Å². The predicted molar refractivity (Wildman–Crippen MR) is 106 cm³/mol. The van der Waals surface area contributed by atoms with Gasteiger partial charge in [-0.05, 0) is 58.9 Å². The second kappa shape index (κ2) is 6.30. The fourth-order valence-corrected chi connectivity index (χ4v) is 5.56. The molecule has 6 heteroatoms. The zero-order valence-electron chi connectivity index (χ0n) is 14.3. The molecule has 0 aromatic carbocycles. The molecule has 3 aromatic heterocycles. The maximum absolute atomic E-state index is 13.0. The van der Waals surface area contributed by atoms with Crippen molar-refractivity contribution in [1.82, 2.24) is 9.88 Å². The van der Waals surface area contributed by atoms with E-state index >= 15 is 0 Å². The van der Waals surface area contributed by atoms with Gasteiger partial charge < -0.3 is 4.90 Å². The van der Waals surface area contributed by atoms with Gasteiger partial charge in [0.25, 0.3) is 5.91 Å². The van der Waals surface area contributed by atoms with Gasteiger partial charge in [0, 0.05) is 36.6 Å². The van der Waals surface area contributed by atoms with E-state index in [9.17, 15) is 4.79 Å². The van der Waals surface area contributed by atoms with E-state index in [2.05, 4.69) is 21.7 Å².